The number of aryl methyl sites for hydroxylation is 1. The number of rotatable bonds is 3. The van der Waals surface area contributed by atoms with Crippen LogP contribution < -0.4 is 21.5 Å². The van der Waals surface area contributed by atoms with E-state index in [0.29, 0.717) is 6.42 Å². The molecule has 32 heavy (non-hydrogen) atoms. The van der Waals surface area contributed by atoms with E-state index in [1.165, 1.54) is 5.56 Å². The maximum absolute atomic E-state index is 12.8. The van der Waals surface area contributed by atoms with Crippen molar-refractivity contribution in [3.8, 4) is 0 Å². The summed E-state index contributed by atoms with van der Waals surface area (Å²) in [6.07, 6.45) is -3.97. The predicted octanol–water partition coefficient (Wildman–Crippen LogP) is 4.05. The number of nitrogens with one attached hydrogen (secondary N) is 4. The SMILES string of the molecule is Cc1ccc(C2CC(N/C(=N\C(=O)c3ccc(C(F)(F)F)cc3)NC(C)(C)C)NN2)cc1. The zero-order valence-corrected chi connectivity index (χ0v) is 18.5. The molecule has 1 fully saturated rings. The molecule has 9 heteroatoms. The first kappa shape index (κ1) is 23.7. The molecule has 2 unspecified atom stereocenters. The van der Waals surface area contributed by atoms with Gasteiger partial charge in [-0.2, -0.15) is 18.2 Å². The topological polar surface area (TPSA) is 77.5 Å². The molecule has 6 nitrogen and oxygen atoms in total. The fourth-order valence-corrected chi connectivity index (χ4v) is 3.25. The second-order valence-corrected chi connectivity index (χ2v) is 8.90. The molecule has 2 atom stereocenters. The van der Waals surface area contributed by atoms with Gasteiger partial charge in [0.05, 0.1) is 11.7 Å². The number of aliphatic imine (C=N–C) groups is 1. The minimum Gasteiger partial charge on any atom is -0.351 e. The highest BCUT2D eigenvalue weighted by molar-refractivity contribution is 6.02. The molecule has 1 saturated heterocycles. The van der Waals surface area contributed by atoms with Crippen molar-refractivity contribution in [3.05, 3.63) is 70.8 Å². The zero-order valence-electron chi connectivity index (χ0n) is 18.5. The number of nitrogens with zero attached hydrogens (tertiary/aromatic N) is 1. The second kappa shape index (κ2) is 9.30. The lowest BCUT2D eigenvalue weighted by Crippen LogP contribution is -2.54. The van der Waals surface area contributed by atoms with Gasteiger partial charge in [-0.3, -0.25) is 4.79 Å². The van der Waals surface area contributed by atoms with E-state index in [1.54, 1.807) is 0 Å². The number of hydrazine groups is 1. The molecule has 2 aromatic rings. The minimum atomic E-state index is -4.46. The highest BCUT2D eigenvalue weighted by Crippen LogP contribution is 2.29. The Morgan fingerprint density at radius 2 is 1.62 bits per heavy atom. The number of hydrogen-bond acceptors (Lipinski definition) is 3. The average molecular weight is 448 g/mol. The molecular formula is C23H28F3N5O. The Morgan fingerprint density at radius 3 is 2.19 bits per heavy atom. The average Bonchev–Trinajstić information content (AvgIpc) is 3.15. The van der Waals surface area contributed by atoms with Crippen molar-refractivity contribution < 1.29 is 18.0 Å². The van der Waals surface area contributed by atoms with E-state index in [4.69, 9.17) is 0 Å². The lowest BCUT2D eigenvalue weighted by atomic mass is 10.0. The Morgan fingerprint density at radius 1 is 1.00 bits per heavy atom. The van der Waals surface area contributed by atoms with Crippen LogP contribution in [0.4, 0.5) is 13.2 Å². The van der Waals surface area contributed by atoms with Crippen molar-refractivity contribution in [2.24, 2.45) is 4.99 Å². The third-order valence-corrected chi connectivity index (χ3v) is 4.86. The summed E-state index contributed by atoms with van der Waals surface area (Å²) in [7, 11) is 0. The molecule has 1 aliphatic rings. The first-order valence-corrected chi connectivity index (χ1v) is 10.3. The predicted molar refractivity (Wildman–Crippen MR) is 118 cm³/mol. The van der Waals surface area contributed by atoms with Crippen molar-refractivity contribution in [1.82, 2.24) is 21.5 Å². The summed E-state index contributed by atoms with van der Waals surface area (Å²) in [4.78, 5) is 16.7. The summed E-state index contributed by atoms with van der Waals surface area (Å²) >= 11 is 0. The van der Waals surface area contributed by atoms with Crippen molar-refractivity contribution >= 4 is 11.9 Å². The zero-order chi connectivity index (χ0) is 23.5. The van der Waals surface area contributed by atoms with Gasteiger partial charge in [0.15, 0.2) is 0 Å². The Bertz CT molecular complexity index is 963. The molecule has 4 N–H and O–H groups in total. The van der Waals surface area contributed by atoms with E-state index in [9.17, 15) is 18.0 Å². The molecule has 0 saturated carbocycles. The number of carbonyl (C=O) groups is 1. The molecule has 0 radical (unpaired) electrons. The van der Waals surface area contributed by atoms with Crippen LogP contribution in [0.25, 0.3) is 0 Å². The van der Waals surface area contributed by atoms with Crippen LogP contribution in [-0.2, 0) is 6.18 Å². The van der Waals surface area contributed by atoms with Crippen LogP contribution in [0, 0.1) is 6.92 Å². The van der Waals surface area contributed by atoms with Crippen molar-refractivity contribution in [3.63, 3.8) is 0 Å². The number of guanidine groups is 1. The summed E-state index contributed by atoms with van der Waals surface area (Å²) in [6.45, 7) is 7.79. The van der Waals surface area contributed by atoms with E-state index in [1.807, 2.05) is 27.7 Å². The van der Waals surface area contributed by atoms with Gasteiger partial charge in [0.25, 0.3) is 5.91 Å². The fourth-order valence-electron chi connectivity index (χ4n) is 3.25. The normalized spacial score (nSPS) is 19.7. The van der Waals surface area contributed by atoms with Crippen LogP contribution in [0.1, 0.15) is 60.3 Å². The Labute approximate surface area is 185 Å². The number of halogens is 3. The summed E-state index contributed by atoms with van der Waals surface area (Å²) in [5, 5.41) is 6.34. The molecule has 1 aliphatic heterocycles. The van der Waals surface area contributed by atoms with E-state index >= 15 is 0 Å². The summed E-state index contributed by atoms with van der Waals surface area (Å²) in [5.74, 6) is -0.398. The van der Waals surface area contributed by atoms with Crippen LogP contribution >= 0.6 is 0 Å². The van der Waals surface area contributed by atoms with Gasteiger partial charge in [-0.15, -0.1) is 0 Å². The maximum Gasteiger partial charge on any atom is 0.416 e. The molecule has 0 bridgehead atoms. The maximum atomic E-state index is 12.8. The Kier molecular flexibility index (Phi) is 6.90. The highest BCUT2D eigenvalue weighted by Gasteiger charge is 2.30. The van der Waals surface area contributed by atoms with Crippen LogP contribution in [0.3, 0.4) is 0 Å². The van der Waals surface area contributed by atoms with Crippen LogP contribution in [0.15, 0.2) is 53.5 Å². The van der Waals surface area contributed by atoms with Crippen LogP contribution in [0.2, 0.25) is 0 Å². The number of amides is 1. The van der Waals surface area contributed by atoms with Gasteiger partial charge in [0.2, 0.25) is 5.96 Å². The van der Waals surface area contributed by atoms with Gasteiger partial charge in [-0.25, -0.2) is 10.9 Å². The van der Waals surface area contributed by atoms with E-state index in [-0.39, 0.29) is 23.7 Å². The molecule has 2 aromatic carbocycles. The molecule has 0 aromatic heterocycles. The lowest BCUT2D eigenvalue weighted by molar-refractivity contribution is -0.137. The number of alkyl halides is 3. The molecule has 3 rings (SSSR count). The summed E-state index contributed by atoms with van der Waals surface area (Å²) in [6, 6.07) is 12.3. The molecule has 0 aliphatic carbocycles. The van der Waals surface area contributed by atoms with Crippen molar-refractivity contribution in [1.29, 1.82) is 0 Å². The van der Waals surface area contributed by atoms with E-state index < -0.39 is 23.2 Å². The van der Waals surface area contributed by atoms with Crippen molar-refractivity contribution in [2.75, 3.05) is 0 Å². The van der Waals surface area contributed by atoms with Gasteiger partial charge >= 0.3 is 6.18 Å². The van der Waals surface area contributed by atoms with Gasteiger partial charge in [0, 0.05) is 23.6 Å². The molecule has 0 spiro atoms. The Hall–Kier alpha value is -2.91. The molecule has 1 heterocycles. The fraction of sp³-hybridized carbons (Fsp3) is 0.391. The molecule has 1 amide bonds. The second-order valence-electron chi connectivity index (χ2n) is 8.90. The van der Waals surface area contributed by atoms with Crippen molar-refractivity contribution in [2.45, 2.75) is 58.0 Å². The monoisotopic (exact) mass is 447 g/mol. The quantitative estimate of drug-likeness (QED) is 0.422. The number of hydrogen-bond donors (Lipinski definition) is 4. The van der Waals surface area contributed by atoms with Gasteiger partial charge in [-0.1, -0.05) is 29.8 Å². The molecule has 172 valence electrons. The van der Waals surface area contributed by atoms with Gasteiger partial charge in [-0.05, 0) is 57.5 Å². The number of benzene rings is 2. The summed E-state index contributed by atoms with van der Waals surface area (Å²) in [5.41, 5.74) is 7.56. The minimum absolute atomic E-state index is 0.0723. The molecular weight excluding hydrogens is 419 g/mol. The van der Waals surface area contributed by atoms with Crippen LogP contribution in [-0.4, -0.2) is 23.6 Å². The van der Waals surface area contributed by atoms with E-state index in [0.717, 1.165) is 29.8 Å². The first-order valence-electron chi connectivity index (χ1n) is 10.3. The largest absolute Gasteiger partial charge is 0.416 e. The number of carbonyl (C=O) groups excluding carboxylic acids is 1. The highest BCUT2D eigenvalue weighted by atomic mass is 19.4. The lowest BCUT2D eigenvalue weighted by Gasteiger charge is -2.25. The third-order valence-electron chi connectivity index (χ3n) is 4.86. The van der Waals surface area contributed by atoms with E-state index in [2.05, 4.69) is 50.7 Å². The smallest absolute Gasteiger partial charge is 0.351 e. The first-order chi connectivity index (χ1) is 14.9. The van der Waals surface area contributed by atoms with Gasteiger partial charge < -0.3 is 10.6 Å². The Balaban J connectivity index is 1.72. The third kappa shape index (κ3) is 6.54. The van der Waals surface area contributed by atoms with Gasteiger partial charge in [0.1, 0.15) is 0 Å². The standard InChI is InChI=1S/C23H28F3N5O/c1-14-5-7-15(8-6-14)18-13-19(31-30-18)27-21(29-22(2,3)4)28-20(32)16-9-11-17(12-10-16)23(24,25)26/h5-12,18-19,30-31H,13H2,1-4H3,(H2,27,28,29,32). The summed E-state index contributed by atoms with van der Waals surface area (Å²) < 4.78 is 38.3. The van der Waals surface area contributed by atoms with Crippen LogP contribution in [0.5, 0.6) is 0 Å².